The molecule has 0 aliphatic heterocycles. The van der Waals surface area contributed by atoms with Crippen molar-refractivity contribution in [2.75, 3.05) is 0 Å². The van der Waals surface area contributed by atoms with E-state index in [-0.39, 0.29) is 16.3 Å². The number of carbonyl (C=O) groups excluding carboxylic acids is 1. The number of carbonyl (C=O) groups is 1. The number of hydrogen-bond donors (Lipinski definition) is 1. The third-order valence-corrected chi connectivity index (χ3v) is 2.02. The van der Waals surface area contributed by atoms with Crippen LogP contribution in [0, 0.1) is 6.92 Å². The number of rotatable bonds is 2. The van der Waals surface area contributed by atoms with Crippen LogP contribution in [0.2, 0.25) is 5.02 Å². The summed E-state index contributed by atoms with van der Waals surface area (Å²) in [5.41, 5.74) is 0.449. The normalized spacial score (nSPS) is 9.29. The topological polar surface area (TPSA) is 66.7 Å². The second kappa shape index (κ2) is 4.05. The van der Waals surface area contributed by atoms with Gasteiger partial charge in [-0.15, -0.1) is 0 Å². The van der Waals surface area contributed by atoms with Crippen molar-refractivity contribution in [1.82, 2.24) is 0 Å². The predicted molar refractivity (Wildman–Crippen MR) is 50.9 cm³/mol. The smallest absolute Gasteiger partial charge is 0.339 e. The van der Waals surface area contributed by atoms with E-state index in [1.54, 1.807) is 13.0 Å². The van der Waals surface area contributed by atoms with Gasteiger partial charge < -0.3 is 5.11 Å². The van der Waals surface area contributed by atoms with E-state index < -0.39 is 5.97 Å². The van der Waals surface area contributed by atoms with E-state index in [9.17, 15) is 9.59 Å². The molecule has 0 heterocycles. The van der Waals surface area contributed by atoms with Gasteiger partial charge in [-0.3, -0.25) is 0 Å². The molecule has 5 heteroatoms. The fourth-order valence-electron chi connectivity index (χ4n) is 1.06. The number of benzene rings is 1. The van der Waals surface area contributed by atoms with E-state index in [2.05, 4.69) is 4.99 Å². The van der Waals surface area contributed by atoms with Gasteiger partial charge in [0.1, 0.15) is 5.56 Å². The molecule has 1 N–H and O–H groups in total. The molecule has 0 aliphatic carbocycles. The molecule has 1 aromatic carbocycles. The molecule has 0 radical (unpaired) electrons. The second-order valence-corrected chi connectivity index (χ2v) is 3.00. The number of carboxylic acid groups (broad SMARTS) is 1. The zero-order valence-electron chi connectivity index (χ0n) is 7.24. The van der Waals surface area contributed by atoms with Gasteiger partial charge in [-0.1, -0.05) is 17.7 Å². The van der Waals surface area contributed by atoms with Crippen LogP contribution in [0.4, 0.5) is 5.69 Å². The van der Waals surface area contributed by atoms with Crippen molar-refractivity contribution in [2.45, 2.75) is 6.92 Å². The predicted octanol–water partition coefficient (Wildman–Crippen LogP) is 2.31. The van der Waals surface area contributed by atoms with E-state index in [1.807, 2.05) is 0 Å². The van der Waals surface area contributed by atoms with Crippen molar-refractivity contribution in [2.24, 2.45) is 4.99 Å². The van der Waals surface area contributed by atoms with Crippen molar-refractivity contribution in [1.29, 1.82) is 0 Å². The third kappa shape index (κ3) is 1.82. The lowest BCUT2D eigenvalue weighted by atomic mass is 10.1. The average Bonchev–Trinajstić information content (AvgIpc) is 2.11. The lowest BCUT2D eigenvalue weighted by molar-refractivity contribution is 0.0698. The quantitative estimate of drug-likeness (QED) is 0.603. The van der Waals surface area contributed by atoms with Gasteiger partial charge in [0.25, 0.3) is 0 Å². The highest BCUT2D eigenvalue weighted by atomic mass is 35.5. The fourth-order valence-corrected chi connectivity index (χ4v) is 1.30. The van der Waals surface area contributed by atoms with E-state index in [1.165, 1.54) is 12.1 Å². The summed E-state index contributed by atoms with van der Waals surface area (Å²) in [6.07, 6.45) is 1.30. The number of aliphatic imine (C=N–C) groups is 1. The first-order chi connectivity index (χ1) is 6.57. The molecule has 0 saturated heterocycles. The van der Waals surface area contributed by atoms with Crippen LogP contribution in [0.15, 0.2) is 17.1 Å². The van der Waals surface area contributed by atoms with Crippen LogP contribution in [-0.4, -0.2) is 17.2 Å². The second-order valence-electron chi connectivity index (χ2n) is 2.60. The Morgan fingerprint density at radius 1 is 1.57 bits per heavy atom. The Morgan fingerprint density at radius 3 is 2.71 bits per heavy atom. The fraction of sp³-hybridized carbons (Fsp3) is 0.111. The number of nitrogens with zero attached hydrogens (tertiary/aromatic N) is 1. The molecule has 0 spiro atoms. The summed E-state index contributed by atoms with van der Waals surface area (Å²) >= 11 is 5.66. The number of aromatic carboxylic acids is 1. The van der Waals surface area contributed by atoms with E-state index >= 15 is 0 Å². The molecule has 72 valence electrons. The molecule has 14 heavy (non-hydrogen) atoms. The average molecular weight is 212 g/mol. The summed E-state index contributed by atoms with van der Waals surface area (Å²) < 4.78 is 0. The Labute approximate surface area is 84.8 Å². The Balaban J connectivity index is 3.57. The molecule has 0 amide bonds. The first-order valence-corrected chi connectivity index (χ1v) is 4.06. The maximum Gasteiger partial charge on any atom is 0.339 e. The molecule has 0 aliphatic rings. The molecule has 1 aromatic rings. The van der Waals surface area contributed by atoms with Crippen molar-refractivity contribution < 1.29 is 14.7 Å². The summed E-state index contributed by atoms with van der Waals surface area (Å²) in [6.45, 7) is 1.64. The SMILES string of the molecule is Cc1ccc(Cl)c(C(=O)O)c1N=C=O. The lowest BCUT2D eigenvalue weighted by Crippen LogP contribution is -1.99. The van der Waals surface area contributed by atoms with Crippen LogP contribution in [0.5, 0.6) is 0 Å². The summed E-state index contributed by atoms with van der Waals surface area (Å²) in [5.74, 6) is -1.22. The summed E-state index contributed by atoms with van der Waals surface area (Å²) in [6, 6.07) is 3.04. The van der Waals surface area contributed by atoms with Crippen LogP contribution in [0.1, 0.15) is 15.9 Å². The van der Waals surface area contributed by atoms with Gasteiger partial charge in [-0.25, -0.2) is 9.59 Å². The minimum Gasteiger partial charge on any atom is -0.478 e. The van der Waals surface area contributed by atoms with E-state index in [4.69, 9.17) is 16.7 Å². The zero-order chi connectivity index (χ0) is 10.7. The van der Waals surface area contributed by atoms with Gasteiger partial charge in [0.05, 0.1) is 10.7 Å². The highest BCUT2D eigenvalue weighted by Gasteiger charge is 2.16. The van der Waals surface area contributed by atoms with Crippen LogP contribution in [-0.2, 0) is 4.79 Å². The number of isocyanates is 1. The standard InChI is InChI=1S/C9H6ClNO3/c1-5-2-3-6(10)7(9(13)14)8(5)11-4-12/h2-3H,1H3,(H,13,14). The van der Waals surface area contributed by atoms with Crippen LogP contribution in [0.25, 0.3) is 0 Å². The molecule has 0 atom stereocenters. The molecule has 0 saturated carbocycles. The van der Waals surface area contributed by atoms with Crippen molar-refractivity contribution in [3.63, 3.8) is 0 Å². The molecule has 0 bridgehead atoms. The number of halogens is 1. The van der Waals surface area contributed by atoms with Crippen molar-refractivity contribution in [3.8, 4) is 0 Å². The van der Waals surface area contributed by atoms with Crippen LogP contribution < -0.4 is 0 Å². The maximum atomic E-state index is 10.8. The lowest BCUT2D eigenvalue weighted by Gasteiger charge is -2.04. The van der Waals surface area contributed by atoms with Crippen molar-refractivity contribution >= 4 is 29.3 Å². The first kappa shape index (κ1) is 10.4. The minimum atomic E-state index is -1.22. The van der Waals surface area contributed by atoms with Crippen LogP contribution >= 0.6 is 11.6 Å². The molecule has 0 aromatic heterocycles. The third-order valence-electron chi connectivity index (χ3n) is 1.70. The number of carboxylic acids is 1. The Kier molecular flexibility index (Phi) is 3.02. The van der Waals surface area contributed by atoms with Crippen molar-refractivity contribution in [3.05, 3.63) is 28.3 Å². The highest BCUT2D eigenvalue weighted by Crippen LogP contribution is 2.29. The van der Waals surface area contributed by atoms with Crippen LogP contribution in [0.3, 0.4) is 0 Å². The largest absolute Gasteiger partial charge is 0.478 e. The minimum absolute atomic E-state index is 0.0529. The summed E-state index contributed by atoms with van der Waals surface area (Å²) in [4.78, 5) is 24.2. The highest BCUT2D eigenvalue weighted by molar-refractivity contribution is 6.34. The number of aryl methyl sites for hydroxylation is 1. The summed E-state index contributed by atoms with van der Waals surface area (Å²) in [7, 11) is 0. The van der Waals surface area contributed by atoms with Gasteiger partial charge in [0.15, 0.2) is 0 Å². The van der Waals surface area contributed by atoms with Gasteiger partial charge in [0.2, 0.25) is 6.08 Å². The molecule has 0 fully saturated rings. The molecular formula is C9H6ClNO3. The van der Waals surface area contributed by atoms with E-state index in [0.717, 1.165) is 0 Å². The van der Waals surface area contributed by atoms with Gasteiger partial charge in [-0.05, 0) is 18.6 Å². The number of hydrogen-bond acceptors (Lipinski definition) is 3. The molecule has 0 unspecified atom stereocenters. The Hall–Kier alpha value is -1.64. The molecule has 1 rings (SSSR count). The monoisotopic (exact) mass is 211 g/mol. The molecular weight excluding hydrogens is 206 g/mol. The Bertz CT molecular complexity index is 409. The summed E-state index contributed by atoms with van der Waals surface area (Å²) in [5, 5.41) is 8.88. The van der Waals surface area contributed by atoms with Gasteiger partial charge >= 0.3 is 5.97 Å². The van der Waals surface area contributed by atoms with E-state index in [0.29, 0.717) is 5.56 Å². The van der Waals surface area contributed by atoms with Gasteiger partial charge in [0, 0.05) is 0 Å². The molecule has 4 nitrogen and oxygen atoms in total. The zero-order valence-corrected chi connectivity index (χ0v) is 8.00. The first-order valence-electron chi connectivity index (χ1n) is 3.68. The van der Waals surface area contributed by atoms with Gasteiger partial charge in [-0.2, -0.15) is 4.99 Å². The maximum absolute atomic E-state index is 10.8. The Morgan fingerprint density at radius 2 is 2.21 bits per heavy atom.